The van der Waals surface area contributed by atoms with E-state index in [0.717, 1.165) is 23.8 Å². The fraction of sp³-hybridized carbons (Fsp3) is 0.381. The fourth-order valence-electron chi connectivity index (χ4n) is 2.57. The number of anilines is 1. The lowest BCUT2D eigenvalue weighted by molar-refractivity contribution is 0.336. The summed E-state index contributed by atoms with van der Waals surface area (Å²) in [5, 5.41) is 6.69. The molecule has 0 saturated carbocycles. The molecule has 5 heteroatoms. The molecule has 0 radical (unpaired) electrons. The Kier molecular flexibility index (Phi) is 7.80. The summed E-state index contributed by atoms with van der Waals surface area (Å²) in [4.78, 5) is 6.81. The van der Waals surface area contributed by atoms with Gasteiger partial charge in [0.1, 0.15) is 5.75 Å². The molecular formula is C21H30N4O. The Bertz CT molecular complexity index is 713. The van der Waals surface area contributed by atoms with Gasteiger partial charge < -0.3 is 20.3 Å². The molecule has 0 saturated heterocycles. The summed E-state index contributed by atoms with van der Waals surface area (Å²) >= 11 is 0. The maximum absolute atomic E-state index is 5.69. The quantitative estimate of drug-likeness (QED) is 0.563. The van der Waals surface area contributed by atoms with Gasteiger partial charge in [-0.3, -0.25) is 0 Å². The van der Waals surface area contributed by atoms with E-state index in [1.54, 1.807) is 0 Å². The van der Waals surface area contributed by atoms with Gasteiger partial charge in [0.2, 0.25) is 0 Å². The Morgan fingerprint density at radius 2 is 1.85 bits per heavy atom. The fourth-order valence-corrected chi connectivity index (χ4v) is 2.57. The zero-order valence-electron chi connectivity index (χ0n) is 16.2. The van der Waals surface area contributed by atoms with Gasteiger partial charge in [-0.15, -0.1) is 0 Å². The molecule has 5 nitrogen and oxygen atoms in total. The highest BCUT2D eigenvalue weighted by atomic mass is 16.5. The van der Waals surface area contributed by atoms with Gasteiger partial charge in [-0.05, 0) is 37.6 Å². The molecule has 0 bridgehead atoms. The van der Waals surface area contributed by atoms with Crippen molar-refractivity contribution in [2.75, 3.05) is 32.1 Å². The van der Waals surface area contributed by atoms with Crippen molar-refractivity contribution in [3.05, 3.63) is 59.7 Å². The first-order valence-corrected chi connectivity index (χ1v) is 9.13. The van der Waals surface area contributed by atoms with Gasteiger partial charge in [0.15, 0.2) is 5.96 Å². The number of rotatable bonds is 8. The Morgan fingerprint density at radius 1 is 1.04 bits per heavy atom. The van der Waals surface area contributed by atoms with Gasteiger partial charge in [-0.25, -0.2) is 4.99 Å². The Balaban J connectivity index is 2.04. The molecule has 26 heavy (non-hydrogen) atoms. The molecule has 0 aromatic heterocycles. The average Bonchev–Trinajstić information content (AvgIpc) is 2.65. The number of guanidine groups is 1. The van der Waals surface area contributed by atoms with Crippen LogP contribution in [-0.4, -0.2) is 33.2 Å². The number of benzene rings is 2. The molecule has 0 aliphatic carbocycles. The van der Waals surface area contributed by atoms with E-state index in [1.807, 2.05) is 39.2 Å². The minimum atomic E-state index is 0.629. The zero-order chi connectivity index (χ0) is 18.8. The maximum atomic E-state index is 5.69. The highest BCUT2D eigenvalue weighted by molar-refractivity contribution is 5.79. The molecule has 0 heterocycles. The molecule has 2 N–H and O–H groups in total. The van der Waals surface area contributed by atoms with Crippen molar-refractivity contribution in [2.24, 2.45) is 4.99 Å². The summed E-state index contributed by atoms with van der Waals surface area (Å²) in [6.45, 7) is 6.84. The summed E-state index contributed by atoms with van der Waals surface area (Å²) in [7, 11) is 4.09. The van der Waals surface area contributed by atoms with Gasteiger partial charge in [0.25, 0.3) is 0 Å². The number of ether oxygens (including phenoxy) is 1. The molecule has 0 amide bonds. The molecule has 0 fully saturated rings. The standard InChI is InChI=1S/C21H30N4O/c1-5-22-21(23-15-17-10-9-12-19(14-17)25(3)4)24-16-18-11-7-8-13-20(18)26-6-2/h7-14H,5-6,15-16H2,1-4H3,(H2,22,23,24). The average molecular weight is 354 g/mol. The second-order valence-corrected chi connectivity index (χ2v) is 6.15. The van der Waals surface area contributed by atoms with Crippen LogP contribution in [0.5, 0.6) is 5.75 Å². The van der Waals surface area contributed by atoms with Crippen LogP contribution in [-0.2, 0) is 13.1 Å². The molecule has 0 aliphatic heterocycles. The normalized spacial score (nSPS) is 11.2. The van der Waals surface area contributed by atoms with Crippen LogP contribution in [0.3, 0.4) is 0 Å². The summed E-state index contributed by atoms with van der Waals surface area (Å²) in [5.74, 6) is 1.71. The van der Waals surface area contributed by atoms with Gasteiger partial charge >= 0.3 is 0 Å². The molecule has 0 atom stereocenters. The van der Waals surface area contributed by atoms with Crippen LogP contribution >= 0.6 is 0 Å². The molecule has 0 unspecified atom stereocenters. The van der Waals surface area contributed by atoms with E-state index in [-0.39, 0.29) is 0 Å². The number of hydrogen-bond donors (Lipinski definition) is 2. The van der Waals surface area contributed by atoms with E-state index in [9.17, 15) is 0 Å². The van der Waals surface area contributed by atoms with Gasteiger partial charge in [-0.1, -0.05) is 30.3 Å². The van der Waals surface area contributed by atoms with Crippen molar-refractivity contribution in [2.45, 2.75) is 26.9 Å². The molecular weight excluding hydrogens is 324 g/mol. The number of nitrogens with one attached hydrogen (secondary N) is 2. The first-order valence-electron chi connectivity index (χ1n) is 9.13. The Hall–Kier alpha value is -2.69. The van der Waals surface area contributed by atoms with Gasteiger partial charge in [-0.2, -0.15) is 0 Å². The summed E-state index contributed by atoms with van der Waals surface area (Å²) in [5.41, 5.74) is 3.49. The third-order valence-corrected chi connectivity index (χ3v) is 3.91. The number of para-hydroxylation sites is 1. The first kappa shape index (κ1) is 19.6. The van der Waals surface area contributed by atoms with Crippen LogP contribution in [0.25, 0.3) is 0 Å². The van der Waals surface area contributed by atoms with Crippen molar-refractivity contribution in [1.29, 1.82) is 0 Å². The highest BCUT2D eigenvalue weighted by Crippen LogP contribution is 2.17. The Morgan fingerprint density at radius 3 is 2.58 bits per heavy atom. The van der Waals surface area contributed by atoms with Crippen LogP contribution in [0.15, 0.2) is 53.5 Å². The van der Waals surface area contributed by atoms with Crippen molar-refractivity contribution in [3.63, 3.8) is 0 Å². The van der Waals surface area contributed by atoms with Crippen molar-refractivity contribution < 1.29 is 4.74 Å². The lowest BCUT2D eigenvalue weighted by Gasteiger charge is -2.15. The van der Waals surface area contributed by atoms with E-state index < -0.39 is 0 Å². The van der Waals surface area contributed by atoms with E-state index >= 15 is 0 Å². The maximum Gasteiger partial charge on any atom is 0.191 e. The summed E-state index contributed by atoms with van der Waals surface area (Å²) < 4.78 is 5.69. The molecule has 2 aromatic rings. The van der Waals surface area contributed by atoms with Crippen molar-refractivity contribution >= 4 is 11.6 Å². The smallest absolute Gasteiger partial charge is 0.191 e. The minimum Gasteiger partial charge on any atom is -0.494 e. The van der Waals surface area contributed by atoms with Crippen LogP contribution in [0.1, 0.15) is 25.0 Å². The molecule has 2 aromatic carbocycles. The largest absolute Gasteiger partial charge is 0.494 e. The second-order valence-electron chi connectivity index (χ2n) is 6.15. The van der Waals surface area contributed by atoms with Crippen LogP contribution in [0, 0.1) is 0 Å². The monoisotopic (exact) mass is 354 g/mol. The van der Waals surface area contributed by atoms with E-state index in [4.69, 9.17) is 9.73 Å². The molecule has 140 valence electrons. The van der Waals surface area contributed by atoms with Crippen LogP contribution in [0.2, 0.25) is 0 Å². The molecule has 0 aliphatic rings. The van der Waals surface area contributed by atoms with E-state index in [1.165, 1.54) is 11.3 Å². The molecule has 0 spiro atoms. The van der Waals surface area contributed by atoms with E-state index in [0.29, 0.717) is 19.7 Å². The van der Waals surface area contributed by atoms with E-state index in [2.05, 4.69) is 52.8 Å². The topological polar surface area (TPSA) is 48.9 Å². The van der Waals surface area contributed by atoms with Crippen molar-refractivity contribution in [3.8, 4) is 5.75 Å². The van der Waals surface area contributed by atoms with Crippen LogP contribution < -0.4 is 20.3 Å². The number of aliphatic imine (C=N–C) groups is 1. The summed E-state index contributed by atoms with van der Waals surface area (Å²) in [6, 6.07) is 16.5. The molecule has 2 rings (SSSR count). The third-order valence-electron chi connectivity index (χ3n) is 3.91. The predicted molar refractivity (Wildman–Crippen MR) is 110 cm³/mol. The Labute approximate surface area is 157 Å². The van der Waals surface area contributed by atoms with Gasteiger partial charge in [0.05, 0.1) is 13.2 Å². The lowest BCUT2D eigenvalue weighted by Crippen LogP contribution is -2.36. The van der Waals surface area contributed by atoms with Crippen LogP contribution in [0.4, 0.5) is 5.69 Å². The lowest BCUT2D eigenvalue weighted by atomic mass is 10.2. The van der Waals surface area contributed by atoms with Crippen molar-refractivity contribution in [1.82, 2.24) is 10.6 Å². The third kappa shape index (κ3) is 5.99. The second kappa shape index (κ2) is 10.3. The SMILES string of the molecule is CCNC(=NCc1cccc(N(C)C)c1)NCc1ccccc1OCC. The minimum absolute atomic E-state index is 0.629. The summed E-state index contributed by atoms with van der Waals surface area (Å²) in [6.07, 6.45) is 0. The zero-order valence-corrected chi connectivity index (χ0v) is 16.2. The first-order chi connectivity index (χ1) is 12.6. The highest BCUT2D eigenvalue weighted by Gasteiger charge is 2.04. The predicted octanol–water partition coefficient (Wildman–Crippen LogP) is 3.41. The number of nitrogens with zero attached hydrogens (tertiary/aromatic N) is 2. The number of hydrogen-bond acceptors (Lipinski definition) is 3. The van der Waals surface area contributed by atoms with Gasteiger partial charge in [0, 0.05) is 38.4 Å².